The first kappa shape index (κ1) is 12.7. The molecule has 1 atom stereocenters. The number of furan rings is 1. The molecule has 2 rings (SSSR count). The lowest BCUT2D eigenvalue weighted by atomic mass is 10.2. The predicted molar refractivity (Wildman–Crippen MR) is 57.8 cm³/mol. The maximum atomic E-state index is 12.3. The molecule has 2 heterocycles. The molecule has 2 aromatic heterocycles. The number of imidazole rings is 1. The van der Waals surface area contributed by atoms with E-state index >= 15 is 0 Å². The second-order valence-corrected chi connectivity index (χ2v) is 3.84. The average Bonchev–Trinajstić information content (AvgIpc) is 2.90. The van der Waals surface area contributed by atoms with E-state index in [9.17, 15) is 13.2 Å². The molecule has 0 saturated carbocycles. The Labute approximate surface area is 101 Å². The van der Waals surface area contributed by atoms with E-state index in [2.05, 4.69) is 10.3 Å². The highest BCUT2D eigenvalue weighted by molar-refractivity contribution is 5.15. The van der Waals surface area contributed by atoms with Crippen LogP contribution in [0.15, 0.2) is 35.2 Å². The van der Waals surface area contributed by atoms with Gasteiger partial charge in [-0.15, -0.1) is 0 Å². The standard InChI is InChI=1S/C11H12F3N3O/c1-17-5-4-15-10(17)9(8-3-2-6-18-8)16-7-11(12,13)14/h2-6,9,16H,7H2,1H3. The summed E-state index contributed by atoms with van der Waals surface area (Å²) in [7, 11) is 1.72. The van der Waals surface area contributed by atoms with Gasteiger partial charge in [0.2, 0.25) is 0 Å². The van der Waals surface area contributed by atoms with E-state index in [1.807, 2.05) is 0 Å². The van der Waals surface area contributed by atoms with Crippen molar-refractivity contribution < 1.29 is 17.6 Å². The zero-order chi connectivity index (χ0) is 13.2. The Morgan fingerprint density at radius 2 is 2.28 bits per heavy atom. The van der Waals surface area contributed by atoms with Crippen molar-refractivity contribution in [3.8, 4) is 0 Å². The number of hydrogen-bond acceptors (Lipinski definition) is 3. The molecule has 0 aliphatic heterocycles. The van der Waals surface area contributed by atoms with Gasteiger partial charge in [0.25, 0.3) is 0 Å². The van der Waals surface area contributed by atoms with Crippen LogP contribution in [0.1, 0.15) is 17.6 Å². The first-order valence-electron chi connectivity index (χ1n) is 5.28. The summed E-state index contributed by atoms with van der Waals surface area (Å²) in [6.45, 7) is -1.11. The molecule has 0 bridgehead atoms. The van der Waals surface area contributed by atoms with E-state index in [1.54, 1.807) is 29.9 Å². The van der Waals surface area contributed by atoms with Crippen molar-refractivity contribution >= 4 is 0 Å². The molecule has 0 spiro atoms. The van der Waals surface area contributed by atoms with E-state index in [-0.39, 0.29) is 0 Å². The number of alkyl halides is 3. The summed E-state index contributed by atoms with van der Waals surface area (Å²) >= 11 is 0. The Kier molecular flexibility index (Phi) is 3.42. The van der Waals surface area contributed by atoms with Gasteiger partial charge in [0, 0.05) is 19.4 Å². The van der Waals surface area contributed by atoms with Gasteiger partial charge in [-0.3, -0.25) is 5.32 Å². The highest BCUT2D eigenvalue weighted by Gasteiger charge is 2.30. The Balaban J connectivity index is 2.22. The zero-order valence-corrected chi connectivity index (χ0v) is 9.61. The van der Waals surface area contributed by atoms with E-state index in [4.69, 9.17) is 4.42 Å². The van der Waals surface area contributed by atoms with Crippen molar-refractivity contribution in [2.45, 2.75) is 12.2 Å². The quantitative estimate of drug-likeness (QED) is 0.915. The van der Waals surface area contributed by atoms with Crippen molar-refractivity contribution in [1.29, 1.82) is 0 Å². The number of hydrogen-bond donors (Lipinski definition) is 1. The van der Waals surface area contributed by atoms with Crippen LogP contribution in [0.2, 0.25) is 0 Å². The molecule has 0 saturated heterocycles. The first-order valence-corrected chi connectivity index (χ1v) is 5.28. The van der Waals surface area contributed by atoms with Gasteiger partial charge in [0.15, 0.2) is 0 Å². The summed E-state index contributed by atoms with van der Waals surface area (Å²) in [6.07, 6.45) is 0.331. The van der Waals surface area contributed by atoms with Gasteiger partial charge in [-0.25, -0.2) is 4.98 Å². The van der Waals surface area contributed by atoms with Crippen LogP contribution >= 0.6 is 0 Å². The number of halogens is 3. The van der Waals surface area contributed by atoms with Crippen molar-refractivity contribution in [1.82, 2.24) is 14.9 Å². The SMILES string of the molecule is Cn1ccnc1C(NCC(F)(F)F)c1ccco1. The van der Waals surface area contributed by atoms with Crippen molar-refractivity contribution in [3.63, 3.8) is 0 Å². The summed E-state index contributed by atoms with van der Waals surface area (Å²) in [5, 5.41) is 2.40. The minimum atomic E-state index is -4.28. The third kappa shape index (κ3) is 2.92. The smallest absolute Gasteiger partial charge is 0.401 e. The fraction of sp³-hybridized carbons (Fsp3) is 0.364. The lowest BCUT2D eigenvalue weighted by molar-refractivity contribution is -0.126. The number of rotatable bonds is 4. The van der Waals surface area contributed by atoms with E-state index in [0.29, 0.717) is 11.6 Å². The lowest BCUT2D eigenvalue weighted by Gasteiger charge is -2.17. The van der Waals surface area contributed by atoms with Crippen molar-refractivity contribution in [3.05, 3.63) is 42.4 Å². The maximum Gasteiger partial charge on any atom is 0.401 e. The first-order chi connectivity index (χ1) is 8.47. The van der Waals surface area contributed by atoms with Crippen LogP contribution in [0.4, 0.5) is 13.2 Å². The highest BCUT2D eigenvalue weighted by atomic mass is 19.4. The maximum absolute atomic E-state index is 12.3. The second kappa shape index (κ2) is 4.85. The normalized spacial score (nSPS) is 13.8. The molecule has 0 radical (unpaired) electrons. The Bertz CT molecular complexity index is 490. The van der Waals surface area contributed by atoms with Crippen molar-refractivity contribution in [2.24, 2.45) is 7.05 Å². The van der Waals surface area contributed by atoms with Crippen LogP contribution in [-0.4, -0.2) is 22.3 Å². The molecule has 2 aromatic rings. The second-order valence-electron chi connectivity index (χ2n) is 3.84. The number of aromatic nitrogens is 2. The molecular weight excluding hydrogens is 247 g/mol. The van der Waals surface area contributed by atoms with Gasteiger partial charge >= 0.3 is 6.18 Å². The van der Waals surface area contributed by atoms with Gasteiger partial charge in [0.1, 0.15) is 17.6 Å². The van der Waals surface area contributed by atoms with Crippen LogP contribution < -0.4 is 5.32 Å². The van der Waals surface area contributed by atoms with E-state index < -0.39 is 18.8 Å². The van der Waals surface area contributed by atoms with Crippen LogP contribution in [-0.2, 0) is 7.05 Å². The van der Waals surface area contributed by atoms with Gasteiger partial charge in [0.05, 0.1) is 12.8 Å². The molecule has 0 fully saturated rings. The zero-order valence-electron chi connectivity index (χ0n) is 9.61. The molecule has 98 valence electrons. The molecule has 7 heteroatoms. The third-order valence-corrected chi connectivity index (χ3v) is 2.45. The van der Waals surface area contributed by atoms with Crippen LogP contribution in [0, 0.1) is 0 Å². The summed E-state index contributed by atoms with van der Waals surface area (Å²) in [4.78, 5) is 4.05. The van der Waals surface area contributed by atoms with E-state index in [0.717, 1.165) is 0 Å². The molecule has 0 aromatic carbocycles. The molecule has 4 nitrogen and oxygen atoms in total. The fourth-order valence-corrected chi connectivity index (χ4v) is 1.65. The lowest BCUT2D eigenvalue weighted by Crippen LogP contribution is -2.33. The molecular formula is C11H12F3N3O. The number of nitrogens with zero attached hydrogens (tertiary/aromatic N) is 2. The average molecular weight is 259 g/mol. The number of nitrogens with one attached hydrogen (secondary N) is 1. The monoisotopic (exact) mass is 259 g/mol. The summed E-state index contributed by atoms with van der Waals surface area (Å²) in [5.41, 5.74) is 0. The predicted octanol–water partition coefficient (Wildman–Crippen LogP) is 2.25. The highest BCUT2D eigenvalue weighted by Crippen LogP contribution is 2.22. The van der Waals surface area contributed by atoms with Crippen LogP contribution in [0.3, 0.4) is 0 Å². The molecule has 18 heavy (non-hydrogen) atoms. The molecule has 0 aliphatic rings. The van der Waals surface area contributed by atoms with Gasteiger partial charge < -0.3 is 8.98 Å². The molecule has 0 aliphatic carbocycles. The largest absolute Gasteiger partial charge is 0.467 e. The van der Waals surface area contributed by atoms with Crippen molar-refractivity contribution in [2.75, 3.05) is 6.54 Å². The van der Waals surface area contributed by atoms with Crippen LogP contribution in [0.25, 0.3) is 0 Å². The van der Waals surface area contributed by atoms with Gasteiger partial charge in [-0.1, -0.05) is 0 Å². The third-order valence-electron chi connectivity index (χ3n) is 2.45. The Morgan fingerprint density at radius 3 is 2.78 bits per heavy atom. The molecule has 1 unspecified atom stereocenters. The fourth-order valence-electron chi connectivity index (χ4n) is 1.65. The summed E-state index contributed by atoms with van der Waals surface area (Å²) in [6, 6.07) is 2.52. The number of aryl methyl sites for hydroxylation is 1. The molecule has 0 amide bonds. The molecule has 1 N–H and O–H groups in total. The van der Waals surface area contributed by atoms with Gasteiger partial charge in [-0.05, 0) is 12.1 Å². The van der Waals surface area contributed by atoms with E-state index in [1.165, 1.54) is 12.5 Å². The summed E-state index contributed by atoms with van der Waals surface area (Å²) in [5.74, 6) is 0.864. The Morgan fingerprint density at radius 1 is 1.50 bits per heavy atom. The minimum absolute atomic E-state index is 0.397. The summed E-state index contributed by atoms with van der Waals surface area (Å²) < 4.78 is 43.6. The topological polar surface area (TPSA) is 43.0 Å². The minimum Gasteiger partial charge on any atom is -0.467 e. The van der Waals surface area contributed by atoms with Crippen LogP contribution in [0.5, 0.6) is 0 Å². The Hall–Kier alpha value is -1.76. The van der Waals surface area contributed by atoms with Gasteiger partial charge in [-0.2, -0.15) is 13.2 Å².